The average molecular weight is 284 g/mol. The molecule has 0 aliphatic carbocycles. The maximum Gasteiger partial charge on any atom is 0.225 e. The Morgan fingerprint density at radius 1 is 1.05 bits per heavy atom. The minimum Gasteiger partial charge on any atom is -0.341 e. The van der Waals surface area contributed by atoms with Crippen LogP contribution < -0.4 is 9.80 Å². The smallest absolute Gasteiger partial charge is 0.225 e. The van der Waals surface area contributed by atoms with Crippen LogP contribution in [0.1, 0.15) is 18.4 Å². The summed E-state index contributed by atoms with van der Waals surface area (Å²) in [6.45, 7) is 3.93. The van der Waals surface area contributed by atoms with Gasteiger partial charge in [0.25, 0.3) is 0 Å². The summed E-state index contributed by atoms with van der Waals surface area (Å²) in [5.74, 6) is 1.63. The van der Waals surface area contributed by atoms with Gasteiger partial charge in [0.1, 0.15) is 0 Å². The Morgan fingerprint density at radius 2 is 1.67 bits per heavy atom. The first kappa shape index (κ1) is 13.7. The molecule has 0 radical (unpaired) electrons. The molecule has 0 saturated carbocycles. The number of nitrogens with zero attached hydrogens (tertiary/aromatic N) is 6. The Hall–Kier alpha value is -2.24. The molecule has 0 atom stereocenters. The van der Waals surface area contributed by atoms with Crippen LogP contribution in [0.15, 0.2) is 30.9 Å². The van der Waals surface area contributed by atoms with Crippen LogP contribution >= 0.6 is 0 Å². The summed E-state index contributed by atoms with van der Waals surface area (Å²) in [6, 6.07) is 2.31. The molecule has 0 aromatic carbocycles. The molecule has 110 valence electrons. The van der Waals surface area contributed by atoms with Gasteiger partial charge in [0.05, 0.1) is 0 Å². The van der Waals surface area contributed by atoms with E-state index in [0.717, 1.165) is 43.4 Å². The largest absolute Gasteiger partial charge is 0.341 e. The summed E-state index contributed by atoms with van der Waals surface area (Å²) in [5.41, 5.74) is 1.09. The highest BCUT2D eigenvalue weighted by atomic mass is 15.3. The lowest BCUT2D eigenvalue weighted by Gasteiger charge is -2.36. The van der Waals surface area contributed by atoms with E-state index in [1.54, 1.807) is 12.4 Å². The normalized spacial score (nSPS) is 16.0. The van der Waals surface area contributed by atoms with E-state index in [4.69, 9.17) is 0 Å². The zero-order valence-corrected chi connectivity index (χ0v) is 12.5. The second-order valence-electron chi connectivity index (χ2n) is 5.44. The van der Waals surface area contributed by atoms with Crippen LogP contribution in [0, 0.1) is 6.92 Å². The molecule has 2 aromatic heterocycles. The molecule has 1 saturated heterocycles. The summed E-state index contributed by atoms with van der Waals surface area (Å²) in [6.07, 6.45) is 9.44. The summed E-state index contributed by atoms with van der Waals surface area (Å²) in [7, 11) is 2.07. The zero-order valence-electron chi connectivity index (χ0n) is 12.5. The van der Waals surface area contributed by atoms with E-state index in [1.165, 1.54) is 0 Å². The van der Waals surface area contributed by atoms with Crippen LogP contribution in [0.3, 0.4) is 0 Å². The van der Waals surface area contributed by atoms with Crippen molar-refractivity contribution in [3.8, 4) is 0 Å². The van der Waals surface area contributed by atoms with Crippen molar-refractivity contribution >= 4 is 11.9 Å². The Labute approximate surface area is 124 Å². The number of aromatic nitrogens is 4. The first-order valence-corrected chi connectivity index (χ1v) is 7.27. The maximum atomic E-state index is 4.41. The van der Waals surface area contributed by atoms with Crippen molar-refractivity contribution in [1.82, 2.24) is 19.9 Å². The van der Waals surface area contributed by atoms with Crippen molar-refractivity contribution in [2.45, 2.75) is 25.8 Å². The molecule has 3 heterocycles. The molecule has 0 amide bonds. The van der Waals surface area contributed by atoms with E-state index < -0.39 is 0 Å². The lowest BCUT2D eigenvalue weighted by Crippen LogP contribution is -2.44. The Bertz CT molecular complexity index is 562. The monoisotopic (exact) mass is 284 g/mol. The first-order valence-electron chi connectivity index (χ1n) is 7.27. The molecule has 6 heteroatoms. The Morgan fingerprint density at radius 3 is 2.29 bits per heavy atom. The van der Waals surface area contributed by atoms with Gasteiger partial charge in [-0.15, -0.1) is 0 Å². The van der Waals surface area contributed by atoms with Gasteiger partial charge in [0.15, 0.2) is 0 Å². The number of rotatable bonds is 3. The molecule has 2 aromatic rings. The summed E-state index contributed by atoms with van der Waals surface area (Å²) in [4.78, 5) is 21.9. The van der Waals surface area contributed by atoms with Crippen molar-refractivity contribution in [2.75, 3.05) is 29.9 Å². The number of anilines is 2. The third-order valence-electron chi connectivity index (χ3n) is 3.93. The van der Waals surface area contributed by atoms with Crippen LogP contribution in [-0.2, 0) is 0 Å². The van der Waals surface area contributed by atoms with E-state index in [9.17, 15) is 0 Å². The van der Waals surface area contributed by atoms with Gasteiger partial charge in [-0.1, -0.05) is 0 Å². The predicted octanol–water partition coefficient (Wildman–Crippen LogP) is 1.68. The van der Waals surface area contributed by atoms with Crippen LogP contribution in [0.25, 0.3) is 0 Å². The highest BCUT2D eigenvalue weighted by Crippen LogP contribution is 2.21. The molecule has 1 fully saturated rings. The van der Waals surface area contributed by atoms with Gasteiger partial charge in [-0.05, 0) is 31.4 Å². The summed E-state index contributed by atoms with van der Waals surface area (Å²) < 4.78 is 0. The van der Waals surface area contributed by atoms with Crippen molar-refractivity contribution in [3.63, 3.8) is 0 Å². The van der Waals surface area contributed by atoms with Crippen molar-refractivity contribution in [1.29, 1.82) is 0 Å². The molecule has 0 N–H and O–H groups in total. The third-order valence-corrected chi connectivity index (χ3v) is 3.93. The zero-order chi connectivity index (χ0) is 14.7. The summed E-state index contributed by atoms with van der Waals surface area (Å²) >= 11 is 0. The van der Waals surface area contributed by atoms with Crippen molar-refractivity contribution < 1.29 is 0 Å². The minimum absolute atomic E-state index is 0.465. The average Bonchev–Trinajstić information content (AvgIpc) is 2.56. The highest BCUT2D eigenvalue weighted by molar-refractivity contribution is 5.34. The minimum atomic E-state index is 0.465. The molecular formula is C15H20N6. The number of hydrogen-bond donors (Lipinski definition) is 0. The van der Waals surface area contributed by atoms with Crippen LogP contribution in [0.5, 0.6) is 0 Å². The lowest BCUT2D eigenvalue weighted by atomic mass is 10.0. The van der Waals surface area contributed by atoms with Crippen molar-refractivity contribution in [3.05, 3.63) is 36.4 Å². The fourth-order valence-corrected chi connectivity index (χ4v) is 2.64. The standard InChI is InChI=1S/C15H20N6/c1-12-10-18-14(19-11-12)20(2)13-4-8-21(9-5-13)15-16-6-3-7-17-15/h3,6-7,10-11,13H,4-5,8-9H2,1-2H3. The molecule has 3 rings (SSSR count). The molecule has 21 heavy (non-hydrogen) atoms. The SMILES string of the molecule is Cc1cnc(N(C)C2CCN(c3ncccn3)CC2)nc1. The molecule has 1 aliphatic rings. The quantitative estimate of drug-likeness (QED) is 0.854. The number of hydrogen-bond acceptors (Lipinski definition) is 6. The van der Waals surface area contributed by atoms with Crippen LogP contribution in [0.2, 0.25) is 0 Å². The third kappa shape index (κ3) is 3.09. The summed E-state index contributed by atoms with van der Waals surface area (Å²) in [5, 5.41) is 0. The number of aryl methyl sites for hydroxylation is 1. The second kappa shape index (κ2) is 6.03. The molecule has 6 nitrogen and oxygen atoms in total. The van der Waals surface area contributed by atoms with Crippen LogP contribution in [0.4, 0.5) is 11.9 Å². The lowest BCUT2D eigenvalue weighted by molar-refractivity contribution is 0.473. The van der Waals surface area contributed by atoms with E-state index in [1.807, 2.05) is 25.4 Å². The highest BCUT2D eigenvalue weighted by Gasteiger charge is 2.24. The van der Waals surface area contributed by atoms with Gasteiger partial charge in [-0.3, -0.25) is 0 Å². The van der Waals surface area contributed by atoms with Gasteiger partial charge >= 0.3 is 0 Å². The maximum absolute atomic E-state index is 4.41. The van der Waals surface area contributed by atoms with E-state index in [0.29, 0.717) is 6.04 Å². The van der Waals surface area contributed by atoms with Gasteiger partial charge in [0.2, 0.25) is 11.9 Å². The fraction of sp³-hybridized carbons (Fsp3) is 0.467. The molecule has 0 spiro atoms. The first-order chi connectivity index (χ1) is 10.2. The Balaban J connectivity index is 1.61. The van der Waals surface area contributed by atoms with Gasteiger partial charge in [-0.2, -0.15) is 0 Å². The van der Waals surface area contributed by atoms with E-state index >= 15 is 0 Å². The van der Waals surface area contributed by atoms with Gasteiger partial charge in [0, 0.05) is 51.0 Å². The van der Waals surface area contributed by atoms with E-state index in [-0.39, 0.29) is 0 Å². The van der Waals surface area contributed by atoms with E-state index in [2.05, 4.69) is 36.8 Å². The molecule has 1 aliphatic heterocycles. The topological polar surface area (TPSA) is 58.0 Å². The van der Waals surface area contributed by atoms with Gasteiger partial charge in [-0.25, -0.2) is 19.9 Å². The predicted molar refractivity (Wildman–Crippen MR) is 82.4 cm³/mol. The molecule has 0 unspecified atom stereocenters. The van der Waals surface area contributed by atoms with Gasteiger partial charge < -0.3 is 9.80 Å². The molecular weight excluding hydrogens is 264 g/mol. The van der Waals surface area contributed by atoms with Crippen LogP contribution in [-0.4, -0.2) is 46.1 Å². The molecule has 0 bridgehead atoms. The second-order valence-corrected chi connectivity index (χ2v) is 5.44. The fourth-order valence-electron chi connectivity index (χ4n) is 2.64. The number of piperidine rings is 1. The van der Waals surface area contributed by atoms with Crippen molar-refractivity contribution in [2.24, 2.45) is 0 Å². The Kier molecular flexibility index (Phi) is 3.94.